The van der Waals surface area contributed by atoms with Crippen LogP contribution in [0.3, 0.4) is 0 Å². The molecule has 4 heterocycles. The van der Waals surface area contributed by atoms with E-state index in [1.165, 1.54) is 4.90 Å². The predicted octanol–water partition coefficient (Wildman–Crippen LogP) is 4.94. The molecule has 5 rings (SSSR count). The van der Waals surface area contributed by atoms with Gasteiger partial charge in [-0.05, 0) is 64.3 Å². The van der Waals surface area contributed by atoms with Crippen molar-refractivity contribution < 1.29 is 14.6 Å². The van der Waals surface area contributed by atoms with Crippen molar-refractivity contribution in [2.75, 3.05) is 36.5 Å². The van der Waals surface area contributed by atoms with Crippen molar-refractivity contribution in [1.82, 2.24) is 24.4 Å². The van der Waals surface area contributed by atoms with Crippen molar-refractivity contribution in [3.8, 4) is 0 Å². The third kappa shape index (κ3) is 5.32. The molecule has 2 aliphatic rings. The Kier molecular flexibility index (Phi) is 7.64. The van der Waals surface area contributed by atoms with Crippen LogP contribution in [0.2, 0.25) is 0 Å². The molecule has 212 valence electrons. The van der Waals surface area contributed by atoms with Gasteiger partial charge < -0.3 is 20.1 Å². The lowest BCUT2D eigenvalue weighted by Gasteiger charge is -2.46. The maximum absolute atomic E-state index is 13.7. The number of piperazine rings is 1. The maximum Gasteiger partial charge on any atom is 0.407 e. The molecule has 0 aromatic carbocycles. The lowest BCUT2D eigenvalue weighted by molar-refractivity contribution is 0.0845. The van der Waals surface area contributed by atoms with Gasteiger partial charge in [0, 0.05) is 42.8 Å². The van der Waals surface area contributed by atoms with E-state index in [0.717, 1.165) is 42.3 Å². The number of hydrogen-bond acceptors (Lipinski definition) is 8. The number of nitrogens with one attached hydrogen (secondary N) is 1. The Hall–Kier alpha value is -4.15. The number of pyridine rings is 2. The van der Waals surface area contributed by atoms with Gasteiger partial charge in [-0.3, -0.25) is 14.3 Å². The molecule has 0 atom stereocenters. The van der Waals surface area contributed by atoms with Crippen molar-refractivity contribution in [1.29, 1.82) is 0 Å². The highest BCUT2D eigenvalue weighted by Crippen LogP contribution is 2.32. The van der Waals surface area contributed by atoms with Crippen molar-refractivity contribution >= 4 is 40.7 Å². The molecule has 0 radical (unpaired) electrons. The molecule has 2 N–H and O–H groups in total. The molecule has 11 heteroatoms. The van der Waals surface area contributed by atoms with Crippen LogP contribution < -0.4 is 15.8 Å². The topological polar surface area (TPSA) is 126 Å². The van der Waals surface area contributed by atoms with Gasteiger partial charge in [-0.15, -0.1) is 0 Å². The van der Waals surface area contributed by atoms with Crippen LogP contribution in [0, 0.1) is 6.92 Å². The third-order valence-electron chi connectivity index (χ3n) is 7.93. The van der Waals surface area contributed by atoms with Gasteiger partial charge in [-0.25, -0.2) is 14.8 Å². The molecule has 0 unspecified atom stereocenters. The number of rotatable bonds is 7. The lowest BCUT2D eigenvalue weighted by Crippen LogP contribution is -2.60. The molecular formula is C29H37N7O4. The average Bonchev–Trinajstić information content (AvgIpc) is 3.45. The molecule has 1 amide bonds. The molecule has 3 aromatic heterocycles. The second-order valence-electron chi connectivity index (χ2n) is 11.0. The van der Waals surface area contributed by atoms with Crippen LogP contribution >= 0.6 is 0 Å². The van der Waals surface area contributed by atoms with Crippen LogP contribution in [0.1, 0.15) is 63.6 Å². The zero-order valence-corrected chi connectivity index (χ0v) is 23.6. The second-order valence-corrected chi connectivity index (χ2v) is 11.0. The van der Waals surface area contributed by atoms with E-state index in [0.29, 0.717) is 49.2 Å². The molecule has 40 heavy (non-hydrogen) atoms. The average molecular weight is 548 g/mol. The molecular weight excluding hydrogens is 510 g/mol. The monoisotopic (exact) mass is 547 g/mol. The molecule has 1 saturated heterocycles. The first-order valence-electron chi connectivity index (χ1n) is 13.9. The van der Waals surface area contributed by atoms with Gasteiger partial charge in [0.05, 0.1) is 30.3 Å². The molecule has 2 fully saturated rings. The van der Waals surface area contributed by atoms with Gasteiger partial charge in [0.25, 0.3) is 5.56 Å². The smallest absolute Gasteiger partial charge is 0.407 e. The standard InChI is InChI=1S/C29H37N7O4/c1-5-40-15-12-22-19(2)23-17-31-27(33-25(23)36(26(22)37)20-8-6-7-9-20)32-24-11-10-21(16-30-24)34-13-14-35(28(38)39)29(3,4)18-34/h10-12,15-17,20H,5-9,13-14,18H2,1-4H3,(H,38,39)(H,30,31,32,33). The van der Waals surface area contributed by atoms with Gasteiger partial charge in [-0.1, -0.05) is 12.8 Å². The summed E-state index contributed by atoms with van der Waals surface area (Å²) in [5.74, 6) is 0.946. The Morgan fingerprint density at radius 2 is 1.98 bits per heavy atom. The number of nitrogens with zero attached hydrogens (tertiary/aromatic N) is 6. The Labute approximate surface area is 233 Å². The van der Waals surface area contributed by atoms with Crippen LogP contribution in [0.4, 0.5) is 22.2 Å². The normalized spacial score (nSPS) is 17.6. The van der Waals surface area contributed by atoms with Crippen LogP contribution in [0.5, 0.6) is 0 Å². The quantitative estimate of drug-likeness (QED) is 0.396. The van der Waals surface area contributed by atoms with Crippen LogP contribution in [0.15, 0.2) is 35.6 Å². The Morgan fingerprint density at radius 1 is 1.20 bits per heavy atom. The summed E-state index contributed by atoms with van der Waals surface area (Å²) in [4.78, 5) is 42.8. The Bertz CT molecular complexity index is 1480. The van der Waals surface area contributed by atoms with Gasteiger partial charge in [0.1, 0.15) is 11.5 Å². The number of carbonyl (C=O) groups is 1. The van der Waals surface area contributed by atoms with Gasteiger partial charge >= 0.3 is 6.09 Å². The lowest BCUT2D eigenvalue weighted by atomic mass is 9.99. The number of aryl methyl sites for hydroxylation is 1. The first-order chi connectivity index (χ1) is 19.2. The number of fused-ring (bicyclic) bond motifs is 1. The number of amides is 1. The molecule has 0 spiro atoms. The number of ether oxygens (including phenoxy) is 1. The van der Waals surface area contributed by atoms with E-state index in [4.69, 9.17) is 9.72 Å². The van der Waals surface area contributed by atoms with E-state index in [1.54, 1.807) is 24.7 Å². The highest BCUT2D eigenvalue weighted by molar-refractivity contribution is 5.83. The molecule has 3 aromatic rings. The Balaban J connectivity index is 1.42. The van der Waals surface area contributed by atoms with Gasteiger partial charge in [0.15, 0.2) is 0 Å². The van der Waals surface area contributed by atoms with Gasteiger partial charge in [-0.2, -0.15) is 4.98 Å². The van der Waals surface area contributed by atoms with Crippen LogP contribution in [-0.2, 0) is 4.74 Å². The summed E-state index contributed by atoms with van der Waals surface area (Å²) in [5.41, 5.74) is 2.39. The SMILES string of the molecule is CCOC=Cc1c(C)c2cnc(Nc3ccc(N4CCN(C(=O)O)C(C)(C)C4)cn3)nc2n(C2CCCC2)c1=O. The first-order valence-corrected chi connectivity index (χ1v) is 13.9. The minimum Gasteiger partial charge on any atom is -0.501 e. The summed E-state index contributed by atoms with van der Waals surface area (Å²) in [6.07, 6.45) is 10.0. The largest absolute Gasteiger partial charge is 0.501 e. The van der Waals surface area contributed by atoms with E-state index in [2.05, 4.69) is 20.2 Å². The van der Waals surface area contributed by atoms with Crippen molar-refractivity contribution in [3.63, 3.8) is 0 Å². The number of aromatic nitrogens is 4. The highest BCUT2D eigenvalue weighted by atomic mass is 16.5. The molecule has 0 bridgehead atoms. The molecule has 1 aliphatic carbocycles. The fraction of sp³-hybridized carbons (Fsp3) is 0.483. The zero-order chi connectivity index (χ0) is 28.4. The zero-order valence-electron chi connectivity index (χ0n) is 23.6. The Morgan fingerprint density at radius 3 is 2.62 bits per heavy atom. The first kappa shape index (κ1) is 27.4. The van der Waals surface area contributed by atoms with Crippen molar-refractivity contribution in [2.24, 2.45) is 0 Å². The summed E-state index contributed by atoms with van der Waals surface area (Å²) in [5, 5.41) is 13.5. The number of anilines is 3. The summed E-state index contributed by atoms with van der Waals surface area (Å²) in [6.45, 7) is 9.81. The molecule has 1 aliphatic heterocycles. The maximum atomic E-state index is 13.7. The fourth-order valence-electron chi connectivity index (χ4n) is 5.81. The summed E-state index contributed by atoms with van der Waals surface area (Å²) in [7, 11) is 0. The molecule has 1 saturated carbocycles. The van der Waals surface area contributed by atoms with E-state index in [9.17, 15) is 14.7 Å². The van der Waals surface area contributed by atoms with Crippen LogP contribution in [-0.4, -0.2) is 67.4 Å². The minimum absolute atomic E-state index is 0.0640. The van der Waals surface area contributed by atoms with E-state index >= 15 is 0 Å². The second kappa shape index (κ2) is 11.1. The highest BCUT2D eigenvalue weighted by Gasteiger charge is 2.37. The third-order valence-corrected chi connectivity index (χ3v) is 7.93. The van der Waals surface area contributed by atoms with Gasteiger partial charge in [0.2, 0.25) is 5.95 Å². The van der Waals surface area contributed by atoms with Crippen molar-refractivity contribution in [2.45, 2.75) is 65.0 Å². The fourth-order valence-corrected chi connectivity index (χ4v) is 5.81. The van der Waals surface area contributed by atoms with Crippen LogP contribution in [0.25, 0.3) is 17.1 Å². The minimum atomic E-state index is -0.899. The van der Waals surface area contributed by atoms with E-state index in [-0.39, 0.29) is 11.6 Å². The number of hydrogen-bond donors (Lipinski definition) is 2. The van der Waals surface area contributed by atoms with E-state index in [1.807, 2.05) is 44.4 Å². The summed E-state index contributed by atoms with van der Waals surface area (Å²) in [6, 6.07) is 3.91. The number of carboxylic acid groups (broad SMARTS) is 1. The molecule has 11 nitrogen and oxygen atoms in total. The predicted molar refractivity (Wildman–Crippen MR) is 155 cm³/mol. The summed E-state index contributed by atoms with van der Waals surface area (Å²) < 4.78 is 7.21. The van der Waals surface area contributed by atoms with E-state index < -0.39 is 11.6 Å². The van der Waals surface area contributed by atoms with Crippen molar-refractivity contribution in [3.05, 3.63) is 52.3 Å². The summed E-state index contributed by atoms with van der Waals surface area (Å²) >= 11 is 0.